The lowest BCUT2D eigenvalue weighted by molar-refractivity contribution is 0.140. The molecule has 1 aromatic carbocycles. The average molecular weight is 245 g/mol. The maximum Gasteiger partial charge on any atom is 0.209 e. The molecule has 0 amide bonds. The second-order valence-electron chi connectivity index (χ2n) is 5.12. The predicted octanol–water partition coefficient (Wildman–Crippen LogP) is 2.78. The number of para-hydroxylation sites is 1. The van der Waals surface area contributed by atoms with Crippen molar-refractivity contribution < 1.29 is 4.42 Å². The van der Waals surface area contributed by atoms with E-state index in [0.717, 1.165) is 30.1 Å². The smallest absolute Gasteiger partial charge is 0.209 e. The molecule has 0 saturated carbocycles. The van der Waals surface area contributed by atoms with Crippen LogP contribution in [0.4, 0.5) is 5.69 Å². The van der Waals surface area contributed by atoms with Crippen LogP contribution in [0.3, 0.4) is 0 Å². The van der Waals surface area contributed by atoms with Gasteiger partial charge in [-0.1, -0.05) is 12.5 Å². The molecule has 1 aliphatic rings. The molecule has 96 valence electrons. The number of likely N-dealkylation sites (tertiary alicyclic amines) is 1. The van der Waals surface area contributed by atoms with Crippen molar-refractivity contribution in [3.05, 3.63) is 24.1 Å². The largest absolute Gasteiger partial charge is 0.439 e. The van der Waals surface area contributed by atoms with Crippen molar-refractivity contribution in [2.75, 3.05) is 12.3 Å². The molecule has 0 aliphatic carbocycles. The Morgan fingerprint density at radius 3 is 3.11 bits per heavy atom. The molecular formula is C14H19N3O. The van der Waals surface area contributed by atoms with Crippen LogP contribution in [0.15, 0.2) is 22.6 Å². The van der Waals surface area contributed by atoms with Crippen molar-refractivity contribution in [2.24, 2.45) is 0 Å². The van der Waals surface area contributed by atoms with E-state index in [1.165, 1.54) is 19.3 Å². The van der Waals surface area contributed by atoms with E-state index < -0.39 is 0 Å². The number of aromatic nitrogens is 1. The quantitative estimate of drug-likeness (QED) is 0.827. The number of nitrogens with zero attached hydrogens (tertiary/aromatic N) is 2. The minimum absolute atomic E-state index is 0.617. The number of hydrogen-bond donors (Lipinski definition) is 1. The Morgan fingerprint density at radius 1 is 1.44 bits per heavy atom. The van der Waals surface area contributed by atoms with E-state index in [9.17, 15) is 0 Å². The summed E-state index contributed by atoms with van der Waals surface area (Å²) in [6, 6.07) is 6.29. The van der Waals surface area contributed by atoms with Crippen LogP contribution in [0.2, 0.25) is 0 Å². The Kier molecular flexibility index (Phi) is 2.96. The second-order valence-corrected chi connectivity index (χ2v) is 5.12. The number of fused-ring (bicyclic) bond motifs is 1. The lowest BCUT2D eigenvalue weighted by Crippen LogP contribution is -2.36. The topological polar surface area (TPSA) is 55.3 Å². The Labute approximate surface area is 107 Å². The zero-order chi connectivity index (χ0) is 12.5. The van der Waals surface area contributed by atoms with Gasteiger partial charge < -0.3 is 10.2 Å². The Balaban J connectivity index is 1.84. The van der Waals surface area contributed by atoms with Gasteiger partial charge in [-0.05, 0) is 38.4 Å². The first-order valence-corrected chi connectivity index (χ1v) is 6.62. The molecule has 0 radical (unpaired) electrons. The first-order chi connectivity index (χ1) is 8.74. The van der Waals surface area contributed by atoms with Crippen molar-refractivity contribution in [1.82, 2.24) is 9.88 Å². The summed E-state index contributed by atoms with van der Waals surface area (Å²) < 4.78 is 5.77. The van der Waals surface area contributed by atoms with Gasteiger partial charge in [0.15, 0.2) is 5.58 Å². The number of benzene rings is 1. The SMILES string of the molecule is CC1CCCCN1Cc1nc2c(N)cccc2o1. The van der Waals surface area contributed by atoms with E-state index in [1.807, 2.05) is 18.2 Å². The molecule has 0 bridgehead atoms. The molecule has 1 atom stereocenters. The van der Waals surface area contributed by atoms with Crippen molar-refractivity contribution in [3.63, 3.8) is 0 Å². The zero-order valence-electron chi connectivity index (χ0n) is 10.7. The Bertz CT molecular complexity index is 549. The first-order valence-electron chi connectivity index (χ1n) is 6.62. The highest BCUT2D eigenvalue weighted by Gasteiger charge is 2.20. The van der Waals surface area contributed by atoms with Crippen LogP contribution in [0.25, 0.3) is 11.1 Å². The second kappa shape index (κ2) is 4.61. The maximum atomic E-state index is 5.89. The van der Waals surface area contributed by atoms with Crippen LogP contribution >= 0.6 is 0 Å². The van der Waals surface area contributed by atoms with Crippen LogP contribution in [0, 0.1) is 0 Å². The number of rotatable bonds is 2. The van der Waals surface area contributed by atoms with Crippen molar-refractivity contribution in [1.29, 1.82) is 0 Å². The van der Waals surface area contributed by atoms with Crippen molar-refractivity contribution >= 4 is 16.8 Å². The first kappa shape index (κ1) is 11.5. The third-order valence-corrected chi connectivity index (χ3v) is 3.77. The standard InChI is InChI=1S/C14H19N3O/c1-10-5-2-3-8-17(10)9-13-16-14-11(15)6-4-7-12(14)18-13/h4,6-7,10H,2-3,5,8-9,15H2,1H3. The molecule has 2 N–H and O–H groups in total. The van der Waals surface area contributed by atoms with E-state index in [0.29, 0.717) is 11.7 Å². The molecule has 0 spiro atoms. The van der Waals surface area contributed by atoms with Crippen LogP contribution in [-0.2, 0) is 6.54 Å². The summed E-state index contributed by atoms with van der Waals surface area (Å²) in [5, 5.41) is 0. The predicted molar refractivity (Wildman–Crippen MR) is 72.1 cm³/mol. The summed E-state index contributed by atoms with van der Waals surface area (Å²) in [5.74, 6) is 0.775. The highest BCUT2D eigenvalue weighted by Crippen LogP contribution is 2.24. The zero-order valence-corrected chi connectivity index (χ0v) is 10.7. The fourth-order valence-corrected chi connectivity index (χ4v) is 2.65. The number of nitrogen functional groups attached to an aromatic ring is 1. The summed E-state index contributed by atoms with van der Waals surface area (Å²) in [6.45, 7) is 4.20. The Morgan fingerprint density at radius 2 is 2.33 bits per heavy atom. The summed E-state index contributed by atoms with van der Waals surface area (Å²) >= 11 is 0. The monoisotopic (exact) mass is 245 g/mol. The lowest BCUT2D eigenvalue weighted by atomic mass is 10.0. The van der Waals surface area contributed by atoms with Gasteiger partial charge in [0.2, 0.25) is 5.89 Å². The van der Waals surface area contributed by atoms with Gasteiger partial charge in [-0.3, -0.25) is 4.90 Å². The highest BCUT2D eigenvalue weighted by atomic mass is 16.3. The molecule has 1 aliphatic heterocycles. The summed E-state index contributed by atoms with van der Waals surface area (Å²) in [6.07, 6.45) is 3.87. The van der Waals surface area contributed by atoms with Gasteiger partial charge in [-0.15, -0.1) is 0 Å². The van der Waals surface area contributed by atoms with Gasteiger partial charge in [-0.25, -0.2) is 4.98 Å². The number of nitrogens with two attached hydrogens (primary N) is 1. The molecule has 18 heavy (non-hydrogen) atoms. The highest BCUT2D eigenvalue weighted by molar-refractivity contribution is 5.85. The van der Waals surface area contributed by atoms with Crippen LogP contribution in [0.5, 0.6) is 0 Å². The molecule has 1 aromatic heterocycles. The molecule has 1 unspecified atom stereocenters. The third kappa shape index (κ3) is 2.08. The lowest BCUT2D eigenvalue weighted by Gasteiger charge is -2.32. The molecule has 1 fully saturated rings. The summed E-state index contributed by atoms with van der Waals surface area (Å²) in [7, 11) is 0. The third-order valence-electron chi connectivity index (χ3n) is 3.77. The van der Waals surface area contributed by atoms with Crippen LogP contribution < -0.4 is 5.73 Å². The van der Waals surface area contributed by atoms with Gasteiger partial charge >= 0.3 is 0 Å². The Hall–Kier alpha value is -1.55. The molecular weight excluding hydrogens is 226 g/mol. The molecule has 4 nitrogen and oxygen atoms in total. The van der Waals surface area contributed by atoms with Gasteiger partial charge in [0.25, 0.3) is 0 Å². The summed E-state index contributed by atoms with van der Waals surface area (Å²) in [5.41, 5.74) is 8.16. The van der Waals surface area contributed by atoms with Gasteiger partial charge in [-0.2, -0.15) is 0 Å². The number of anilines is 1. The molecule has 3 rings (SSSR count). The van der Waals surface area contributed by atoms with Crippen molar-refractivity contribution in [3.8, 4) is 0 Å². The van der Waals surface area contributed by atoms with Gasteiger partial charge in [0.1, 0.15) is 5.52 Å². The number of oxazole rings is 1. The van der Waals surface area contributed by atoms with E-state index in [1.54, 1.807) is 0 Å². The number of hydrogen-bond acceptors (Lipinski definition) is 4. The average Bonchev–Trinajstić information content (AvgIpc) is 2.76. The molecule has 2 heterocycles. The van der Waals surface area contributed by atoms with Crippen LogP contribution in [-0.4, -0.2) is 22.5 Å². The van der Waals surface area contributed by atoms with Crippen LogP contribution in [0.1, 0.15) is 32.1 Å². The number of piperidine rings is 1. The van der Waals surface area contributed by atoms with E-state index in [2.05, 4.69) is 16.8 Å². The van der Waals surface area contributed by atoms with E-state index in [-0.39, 0.29) is 0 Å². The van der Waals surface area contributed by atoms with E-state index in [4.69, 9.17) is 10.2 Å². The molecule has 4 heteroatoms. The maximum absolute atomic E-state index is 5.89. The van der Waals surface area contributed by atoms with Gasteiger partial charge in [0, 0.05) is 6.04 Å². The molecule has 1 saturated heterocycles. The fourth-order valence-electron chi connectivity index (χ4n) is 2.65. The normalized spacial score (nSPS) is 21.5. The van der Waals surface area contributed by atoms with Crippen molar-refractivity contribution in [2.45, 2.75) is 38.8 Å². The molecule has 2 aromatic rings. The minimum atomic E-state index is 0.617. The minimum Gasteiger partial charge on any atom is -0.439 e. The van der Waals surface area contributed by atoms with E-state index >= 15 is 0 Å². The van der Waals surface area contributed by atoms with Gasteiger partial charge in [0.05, 0.1) is 12.2 Å². The summed E-state index contributed by atoms with van der Waals surface area (Å²) in [4.78, 5) is 6.94. The fraction of sp³-hybridized carbons (Fsp3) is 0.500.